The summed E-state index contributed by atoms with van der Waals surface area (Å²) >= 11 is 0. The molecule has 2 unspecified atom stereocenters. The first-order chi connectivity index (χ1) is 12.4. The number of benzene rings is 1. The summed E-state index contributed by atoms with van der Waals surface area (Å²) in [4.78, 5) is 27.3. The van der Waals surface area contributed by atoms with Gasteiger partial charge in [0, 0.05) is 18.2 Å². The minimum Gasteiger partial charge on any atom is -0.493 e. The van der Waals surface area contributed by atoms with Crippen LogP contribution in [-0.4, -0.2) is 56.6 Å². The molecule has 1 aliphatic rings. The Morgan fingerprint density at radius 3 is 2.19 bits per heavy atom. The maximum absolute atomic E-state index is 13.3. The highest BCUT2D eigenvalue weighted by Crippen LogP contribution is 2.35. The number of carbonyl (C=O) groups excluding carboxylic acids is 2. The highest BCUT2D eigenvalue weighted by Gasteiger charge is 2.31. The second-order valence-electron chi connectivity index (χ2n) is 6.67. The lowest BCUT2D eigenvalue weighted by Gasteiger charge is -2.39. The SMILES string of the molecule is CNCC(=O)Nc1cc(OC)c(OC)cc1C(=O)N1C(C)CCCC1C.Cl. The predicted octanol–water partition coefficient (Wildman–Crippen LogP) is 2.69. The second-order valence-corrected chi connectivity index (χ2v) is 6.67. The number of nitrogens with zero attached hydrogens (tertiary/aromatic N) is 1. The molecular weight excluding hydrogens is 370 g/mol. The molecule has 27 heavy (non-hydrogen) atoms. The first-order valence-corrected chi connectivity index (χ1v) is 8.96. The van der Waals surface area contributed by atoms with Gasteiger partial charge in [-0.3, -0.25) is 9.59 Å². The molecule has 0 radical (unpaired) electrons. The molecule has 0 aliphatic carbocycles. The molecule has 7 nitrogen and oxygen atoms in total. The van der Waals surface area contributed by atoms with E-state index in [0.29, 0.717) is 22.7 Å². The molecule has 2 rings (SSSR count). The van der Waals surface area contributed by atoms with Crippen LogP contribution in [-0.2, 0) is 4.79 Å². The van der Waals surface area contributed by atoms with Crippen LogP contribution in [0.4, 0.5) is 5.69 Å². The Labute approximate surface area is 167 Å². The van der Waals surface area contributed by atoms with Crippen molar-refractivity contribution in [3.05, 3.63) is 17.7 Å². The van der Waals surface area contributed by atoms with Crippen LogP contribution >= 0.6 is 12.4 Å². The van der Waals surface area contributed by atoms with E-state index < -0.39 is 0 Å². The van der Waals surface area contributed by atoms with Gasteiger partial charge < -0.3 is 25.0 Å². The Bertz CT molecular complexity index is 659. The molecule has 1 aromatic rings. The van der Waals surface area contributed by atoms with Crippen LogP contribution in [0.25, 0.3) is 0 Å². The number of hydrogen-bond acceptors (Lipinski definition) is 5. The fourth-order valence-electron chi connectivity index (χ4n) is 3.47. The highest BCUT2D eigenvalue weighted by molar-refractivity contribution is 6.05. The average Bonchev–Trinajstić information content (AvgIpc) is 2.61. The molecule has 0 bridgehead atoms. The number of halogens is 1. The van der Waals surface area contributed by atoms with Crippen molar-refractivity contribution in [3.8, 4) is 11.5 Å². The van der Waals surface area contributed by atoms with Crippen LogP contribution < -0.4 is 20.1 Å². The molecule has 8 heteroatoms. The van der Waals surface area contributed by atoms with Gasteiger partial charge in [-0.15, -0.1) is 12.4 Å². The standard InChI is InChI=1S/C19H29N3O4.ClH/c1-12-7-6-8-13(2)22(12)19(24)14-9-16(25-4)17(26-5)10-15(14)21-18(23)11-20-3;/h9-10,12-13,20H,6-8,11H2,1-5H3,(H,21,23);1H. The summed E-state index contributed by atoms with van der Waals surface area (Å²) in [6.07, 6.45) is 3.07. The molecule has 152 valence electrons. The molecule has 1 aromatic carbocycles. The molecule has 2 atom stereocenters. The number of piperidine rings is 1. The zero-order valence-electron chi connectivity index (χ0n) is 16.6. The fourth-order valence-corrected chi connectivity index (χ4v) is 3.47. The van der Waals surface area contributed by atoms with Crippen molar-refractivity contribution in [1.82, 2.24) is 10.2 Å². The molecule has 1 heterocycles. The number of methoxy groups -OCH3 is 2. The van der Waals surface area contributed by atoms with E-state index in [1.165, 1.54) is 14.2 Å². The summed E-state index contributed by atoms with van der Waals surface area (Å²) < 4.78 is 10.7. The number of anilines is 1. The molecule has 0 saturated carbocycles. The van der Waals surface area contributed by atoms with Gasteiger partial charge in [-0.25, -0.2) is 0 Å². The summed E-state index contributed by atoms with van der Waals surface area (Å²) in [6.45, 7) is 4.28. The third kappa shape index (κ3) is 5.26. The lowest BCUT2D eigenvalue weighted by molar-refractivity contribution is -0.115. The van der Waals surface area contributed by atoms with Gasteiger partial charge in [0.2, 0.25) is 5.91 Å². The van der Waals surface area contributed by atoms with Gasteiger partial charge in [-0.05, 0) is 46.2 Å². The van der Waals surface area contributed by atoms with E-state index in [0.717, 1.165) is 19.3 Å². The summed E-state index contributed by atoms with van der Waals surface area (Å²) in [5.41, 5.74) is 0.838. The summed E-state index contributed by atoms with van der Waals surface area (Å²) in [7, 11) is 4.74. The Kier molecular flexibility index (Phi) is 8.85. The number of likely N-dealkylation sites (N-methyl/N-ethyl adjacent to an activating group) is 1. The van der Waals surface area contributed by atoms with Crippen LogP contribution in [0.3, 0.4) is 0 Å². The lowest BCUT2D eigenvalue weighted by Crippen LogP contribution is -2.47. The molecule has 2 N–H and O–H groups in total. The topological polar surface area (TPSA) is 79.9 Å². The van der Waals surface area contributed by atoms with Gasteiger partial charge in [0.1, 0.15) is 0 Å². The molecular formula is C19H30ClN3O4. The zero-order valence-corrected chi connectivity index (χ0v) is 17.4. The largest absolute Gasteiger partial charge is 0.493 e. The fraction of sp³-hybridized carbons (Fsp3) is 0.579. The average molecular weight is 400 g/mol. The van der Waals surface area contributed by atoms with Crippen molar-refractivity contribution in [3.63, 3.8) is 0 Å². The third-order valence-corrected chi connectivity index (χ3v) is 4.79. The Hall–Kier alpha value is -1.99. The number of ether oxygens (including phenoxy) is 2. The van der Waals surface area contributed by atoms with Crippen molar-refractivity contribution in [1.29, 1.82) is 0 Å². The number of likely N-dealkylation sites (tertiary alicyclic amines) is 1. The van der Waals surface area contributed by atoms with E-state index in [4.69, 9.17) is 9.47 Å². The number of amides is 2. The normalized spacial score (nSPS) is 19.1. The van der Waals surface area contributed by atoms with Crippen molar-refractivity contribution in [2.45, 2.75) is 45.2 Å². The predicted molar refractivity (Wildman–Crippen MR) is 108 cm³/mol. The van der Waals surface area contributed by atoms with Gasteiger partial charge in [-0.1, -0.05) is 0 Å². The minimum atomic E-state index is -0.228. The molecule has 1 aliphatic heterocycles. The highest BCUT2D eigenvalue weighted by atomic mass is 35.5. The zero-order chi connectivity index (χ0) is 19.3. The van der Waals surface area contributed by atoms with Gasteiger partial charge in [0.25, 0.3) is 5.91 Å². The Morgan fingerprint density at radius 1 is 1.11 bits per heavy atom. The van der Waals surface area contributed by atoms with Gasteiger partial charge in [0.15, 0.2) is 11.5 Å². The summed E-state index contributed by atoms with van der Waals surface area (Å²) in [5.74, 6) is 0.585. The van der Waals surface area contributed by atoms with Gasteiger partial charge in [-0.2, -0.15) is 0 Å². The Balaban J connectivity index is 0.00000364. The van der Waals surface area contributed by atoms with Crippen LogP contribution in [0.15, 0.2) is 12.1 Å². The molecule has 0 spiro atoms. The van der Waals surface area contributed by atoms with Crippen LogP contribution in [0.1, 0.15) is 43.5 Å². The molecule has 1 saturated heterocycles. The van der Waals surface area contributed by atoms with E-state index in [2.05, 4.69) is 24.5 Å². The molecule has 0 aromatic heterocycles. The van der Waals surface area contributed by atoms with Crippen LogP contribution in [0, 0.1) is 0 Å². The van der Waals surface area contributed by atoms with Crippen molar-refractivity contribution in [2.24, 2.45) is 0 Å². The number of nitrogens with one attached hydrogen (secondary N) is 2. The quantitative estimate of drug-likeness (QED) is 0.768. The van der Waals surface area contributed by atoms with Crippen molar-refractivity contribution in [2.75, 3.05) is 33.1 Å². The first kappa shape index (κ1) is 23.0. The monoisotopic (exact) mass is 399 g/mol. The van der Waals surface area contributed by atoms with E-state index in [1.54, 1.807) is 19.2 Å². The lowest BCUT2D eigenvalue weighted by atomic mass is 9.96. The summed E-state index contributed by atoms with van der Waals surface area (Å²) in [5, 5.41) is 5.60. The summed E-state index contributed by atoms with van der Waals surface area (Å²) in [6, 6.07) is 3.59. The van der Waals surface area contributed by atoms with E-state index >= 15 is 0 Å². The number of hydrogen-bond donors (Lipinski definition) is 2. The maximum atomic E-state index is 13.3. The molecule has 1 fully saturated rings. The second kappa shape index (κ2) is 10.4. The van der Waals surface area contributed by atoms with E-state index in [9.17, 15) is 9.59 Å². The molecule has 2 amide bonds. The van der Waals surface area contributed by atoms with Crippen LogP contribution in [0.2, 0.25) is 0 Å². The van der Waals surface area contributed by atoms with E-state index in [-0.39, 0.29) is 42.8 Å². The van der Waals surface area contributed by atoms with Gasteiger partial charge in [0.05, 0.1) is 32.0 Å². The smallest absolute Gasteiger partial charge is 0.256 e. The number of carbonyl (C=O) groups is 2. The maximum Gasteiger partial charge on any atom is 0.256 e. The third-order valence-electron chi connectivity index (χ3n) is 4.79. The van der Waals surface area contributed by atoms with Crippen molar-refractivity contribution >= 4 is 29.9 Å². The Morgan fingerprint density at radius 2 is 1.67 bits per heavy atom. The number of rotatable bonds is 6. The van der Waals surface area contributed by atoms with Gasteiger partial charge >= 0.3 is 0 Å². The minimum absolute atomic E-state index is 0. The van der Waals surface area contributed by atoms with Crippen molar-refractivity contribution < 1.29 is 19.1 Å². The van der Waals surface area contributed by atoms with E-state index in [1.807, 2.05) is 4.90 Å². The van der Waals surface area contributed by atoms with Crippen LogP contribution in [0.5, 0.6) is 11.5 Å². The first-order valence-electron chi connectivity index (χ1n) is 8.96.